The number of pyridine rings is 1. The maximum absolute atomic E-state index is 6.27. The van der Waals surface area contributed by atoms with Crippen molar-refractivity contribution in [3.8, 4) is 11.4 Å². The zero-order chi connectivity index (χ0) is 19.0. The van der Waals surface area contributed by atoms with E-state index in [0.717, 1.165) is 27.7 Å². The van der Waals surface area contributed by atoms with Crippen molar-refractivity contribution < 1.29 is 0 Å². The van der Waals surface area contributed by atoms with Gasteiger partial charge in [0.05, 0.1) is 15.6 Å². The highest BCUT2D eigenvalue weighted by Gasteiger charge is 2.13. The molecule has 2 aromatic heterocycles. The van der Waals surface area contributed by atoms with Crippen molar-refractivity contribution in [2.75, 3.05) is 5.32 Å². The molecule has 0 saturated heterocycles. The molecule has 4 rings (SSSR count). The van der Waals surface area contributed by atoms with E-state index in [4.69, 9.17) is 44.8 Å². The molecule has 0 amide bonds. The molecule has 0 unspecified atom stereocenters. The van der Waals surface area contributed by atoms with Gasteiger partial charge >= 0.3 is 0 Å². The highest BCUT2D eigenvalue weighted by Crippen LogP contribution is 2.33. The van der Waals surface area contributed by atoms with Crippen molar-refractivity contribution in [1.29, 1.82) is 0 Å². The number of anilines is 2. The molecule has 0 fully saturated rings. The van der Waals surface area contributed by atoms with Crippen molar-refractivity contribution in [3.05, 3.63) is 75.5 Å². The maximum Gasteiger partial charge on any atom is 0.163 e. The first-order chi connectivity index (χ1) is 13.0. The van der Waals surface area contributed by atoms with Crippen LogP contribution < -0.4 is 5.32 Å². The van der Waals surface area contributed by atoms with E-state index in [9.17, 15) is 0 Å². The molecule has 1 N–H and O–H groups in total. The van der Waals surface area contributed by atoms with E-state index in [0.29, 0.717) is 26.7 Å². The van der Waals surface area contributed by atoms with Gasteiger partial charge in [-0.25, -0.2) is 9.97 Å². The highest BCUT2D eigenvalue weighted by atomic mass is 35.5. The van der Waals surface area contributed by atoms with Crippen molar-refractivity contribution in [1.82, 2.24) is 15.0 Å². The third-order valence-electron chi connectivity index (χ3n) is 4.06. The van der Waals surface area contributed by atoms with Gasteiger partial charge < -0.3 is 5.32 Å². The first kappa shape index (κ1) is 18.0. The molecule has 0 aliphatic carbocycles. The fourth-order valence-electron chi connectivity index (χ4n) is 2.79. The smallest absolute Gasteiger partial charge is 0.163 e. The molecule has 2 heterocycles. The number of hydrogen-bond donors (Lipinski definition) is 1. The molecule has 7 heteroatoms. The van der Waals surface area contributed by atoms with Crippen molar-refractivity contribution in [3.63, 3.8) is 0 Å². The summed E-state index contributed by atoms with van der Waals surface area (Å²) in [5, 5.41) is 5.70. The summed E-state index contributed by atoms with van der Waals surface area (Å²) >= 11 is 18.4. The number of aromatic nitrogens is 3. The number of nitrogens with zero attached hydrogens (tertiary/aromatic N) is 3. The molecule has 0 radical (unpaired) electrons. The Bertz CT molecular complexity index is 1150. The summed E-state index contributed by atoms with van der Waals surface area (Å²) in [4.78, 5) is 13.6. The fourth-order valence-corrected chi connectivity index (χ4v) is 3.36. The van der Waals surface area contributed by atoms with Crippen LogP contribution >= 0.6 is 34.8 Å². The van der Waals surface area contributed by atoms with Gasteiger partial charge in [-0.3, -0.25) is 4.98 Å². The molecule has 134 valence electrons. The largest absolute Gasteiger partial charge is 0.340 e. The number of rotatable bonds is 3. The lowest BCUT2D eigenvalue weighted by Crippen LogP contribution is -2.00. The Kier molecular flexibility index (Phi) is 4.87. The first-order valence-electron chi connectivity index (χ1n) is 8.11. The van der Waals surface area contributed by atoms with Crippen LogP contribution in [0, 0.1) is 6.92 Å². The van der Waals surface area contributed by atoms with Gasteiger partial charge in [0.1, 0.15) is 5.82 Å². The molecule has 0 aliphatic heterocycles. The number of halogens is 3. The second-order valence-electron chi connectivity index (χ2n) is 6.01. The minimum atomic E-state index is 0.460. The van der Waals surface area contributed by atoms with Crippen molar-refractivity contribution >= 4 is 57.2 Å². The minimum absolute atomic E-state index is 0.460. The average Bonchev–Trinajstić information content (AvgIpc) is 2.66. The second-order valence-corrected chi connectivity index (χ2v) is 7.26. The number of nitrogens with one attached hydrogen (secondary N) is 1. The Morgan fingerprint density at radius 3 is 2.52 bits per heavy atom. The van der Waals surface area contributed by atoms with E-state index in [1.54, 1.807) is 24.5 Å². The summed E-state index contributed by atoms with van der Waals surface area (Å²) in [6, 6.07) is 12.8. The Morgan fingerprint density at radius 2 is 1.78 bits per heavy atom. The molecule has 0 bridgehead atoms. The third kappa shape index (κ3) is 3.69. The van der Waals surface area contributed by atoms with Crippen LogP contribution in [0.4, 0.5) is 11.5 Å². The molecule has 27 heavy (non-hydrogen) atoms. The lowest BCUT2D eigenvalue weighted by atomic mass is 10.1. The molecule has 4 nitrogen and oxygen atoms in total. The summed E-state index contributed by atoms with van der Waals surface area (Å²) < 4.78 is 0. The first-order valence-corrected chi connectivity index (χ1v) is 9.25. The standard InChI is InChI=1S/C20H13Cl3N4/c1-11-7-13(21)8-15-18(11)26-19(12-3-2-6-24-10-12)27-20(15)25-14-4-5-16(22)17(23)9-14/h2-10H,1H3,(H,25,26,27). The lowest BCUT2D eigenvalue weighted by Gasteiger charge is -2.13. The summed E-state index contributed by atoms with van der Waals surface area (Å²) in [6.07, 6.45) is 3.44. The van der Waals surface area contributed by atoms with Crippen LogP contribution in [0.2, 0.25) is 15.1 Å². The molecule has 0 aliphatic rings. The van der Waals surface area contributed by atoms with Gasteiger partial charge in [0.15, 0.2) is 5.82 Å². The van der Waals surface area contributed by atoms with Gasteiger partial charge in [-0.05, 0) is 55.0 Å². The zero-order valence-corrected chi connectivity index (χ0v) is 16.4. The Balaban J connectivity index is 1.92. The normalized spacial score (nSPS) is 11.0. The van der Waals surface area contributed by atoms with Crippen molar-refractivity contribution in [2.24, 2.45) is 0 Å². The maximum atomic E-state index is 6.27. The molecule has 0 spiro atoms. The summed E-state index contributed by atoms with van der Waals surface area (Å²) in [7, 11) is 0. The number of benzene rings is 2. The topological polar surface area (TPSA) is 50.7 Å². The van der Waals surface area contributed by atoms with Gasteiger partial charge in [-0.2, -0.15) is 0 Å². The predicted octanol–water partition coefficient (Wildman–Crippen LogP) is 6.70. The van der Waals surface area contributed by atoms with Crippen LogP contribution in [0.15, 0.2) is 54.9 Å². The summed E-state index contributed by atoms with van der Waals surface area (Å²) in [6.45, 7) is 1.97. The van der Waals surface area contributed by atoms with Gasteiger partial charge in [0.2, 0.25) is 0 Å². The predicted molar refractivity (Wildman–Crippen MR) is 112 cm³/mol. The Labute approximate surface area is 171 Å². The Morgan fingerprint density at radius 1 is 0.926 bits per heavy atom. The average molecular weight is 416 g/mol. The molecule has 4 aromatic rings. The van der Waals surface area contributed by atoms with Crippen LogP contribution in [0.5, 0.6) is 0 Å². The Hall–Kier alpha value is -2.40. The van der Waals surface area contributed by atoms with Gasteiger partial charge in [0, 0.05) is 34.1 Å². The van der Waals surface area contributed by atoms with E-state index < -0.39 is 0 Å². The van der Waals surface area contributed by atoms with Crippen molar-refractivity contribution in [2.45, 2.75) is 6.92 Å². The van der Waals surface area contributed by atoms with Crippen LogP contribution in [-0.2, 0) is 0 Å². The molecular formula is C20H13Cl3N4. The molecule has 2 aromatic carbocycles. The van der Waals surface area contributed by atoms with Crippen LogP contribution in [0.1, 0.15) is 5.56 Å². The van der Waals surface area contributed by atoms with E-state index in [2.05, 4.69) is 10.3 Å². The molecule has 0 saturated carbocycles. The summed E-state index contributed by atoms with van der Waals surface area (Å²) in [5.74, 6) is 1.20. The fraction of sp³-hybridized carbons (Fsp3) is 0.0500. The van der Waals surface area contributed by atoms with Gasteiger partial charge in [-0.15, -0.1) is 0 Å². The number of aryl methyl sites for hydroxylation is 1. The van der Waals surface area contributed by atoms with E-state index in [1.165, 1.54) is 0 Å². The van der Waals surface area contributed by atoms with E-state index in [-0.39, 0.29) is 0 Å². The quantitative estimate of drug-likeness (QED) is 0.404. The number of hydrogen-bond acceptors (Lipinski definition) is 4. The van der Waals surface area contributed by atoms with E-state index in [1.807, 2.05) is 37.3 Å². The van der Waals surface area contributed by atoms with Gasteiger partial charge in [0.25, 0.3) is 0 Å². The molecular weight excluding hydrogens is 403 g/mol. The summed E-state index contributed by atoms with van der Waals surface area (Å²) in [5.41, 5.74) is 3.36. The highest BCUT2D eigenvalue weighted by molar-refractivity contribution is 6.42. The second kappa shape index (κ2) is 7.31. The van der Waals surface area contributed by atoms with Gasteiger partial charge in [-0.1, -0.05) is 34.8 Å². The third-order valence-corrected chi connectivity index (χ3v) is 5.02. The van der Waals surface area contributed by atoms with Crippen LogP contribution in [-0.4, -0.2) is 15.0 Å². The zero-order valence-electron chi connectivity index (χ0n) is 14.2. The number of fused-ring (bicyclic) bond motifs is 1. The van der Waals surface area contributed by atoms with Crippen LogP contribution in [0.25, 0.3) is 22.3 Å². The lowest BCUT2D eigenvalue weighted by molar-refractivity contribution is 1.20. The minimum Gasteiger partial charge on any atom is -0.340 e. The monoisotopic (exact) mass is 414 g/mol. The molecule has 0 atom stereocenters. The van der Waals surface area contributed by atoms with Crippen LogP contribution in [0.3, 0.4) is 0 Å². The SMILES string of the molecule is Cc1cc(Cl)cc2c(Nc3ccc(Cl)c(Cl)c3)nc(-c3cccnc3)nc12. The van der Waals surface area contributed by atoms with E-state index >= 15 is 0 Å².